The van der Waals surface area contributed by atoms with Crippen LogP contribution in [0.25, 0.3) is 0 Å². The smallest absolute Gasteiger partial charge is 0.226 e. The van der Waals surface area contributed by atoms with Gasteiger partial charge < -0.3 is 15.0 Å². The predicted molar refractivity (Wildman–Crippen MR) is 77.0 cm³/mol. The molecule has 1 amide bonds. The van der Waals surface area contributed by atoms with Crippen LogP contribution in [0, 0.1) is 12.8 Å². The van der Waals surface area contributed by atoms with Gasteiger partial charge in [0.2, 0.25) is 5.91 Å². The minimum atomic E-state index is 0.00554. The number of carbonyl (C=O) groups excluding carboxylic acids is 1. The molecule has 1 saturated carbocycles. The van der Waals surface area contributed by atoms with E-state index in [0.29, 0.717) is 13.1 Å². The highest BCUT2D eigenvalue weighted by molar-refractivity contribution is 5.78. The summed E-state index contributed by atoms with van der Waals surface area (Å²) in [4.78, 5) is 21.7. The Kier molecular flexibility index (Phi) is 5.59. The summed E-state index contributed by atoms with van der Waals surface area (Å²) in [5, 5.41) is 9.20. The summed E-state index contributed by atoms with van der Waals surface area (Å²) < 4.78 is 0. The van der Waals surface area contributed by atoms with Crippen molar-refractivity contribution in [3.63, 3.8) is 0 Å². The van der Waals surface area contributed by atoms with Crippen LogP contribution in [0.5, 0.6) is 0 Å². The van der Waals surface area contributed by atoms with E-state index >= 15 is 0 Å². The van der Waals surface area contributed by atoms with E-state index in [9.17, 15) is 9.90 Å². The minimum absolute atomic E-state index is 0.00554. The zero-order valence-electron chi connectivity index (χ0n) is 12.3. The number of aliphatic hydroxyl groups is 1. The van der Waals surface area contributed by atoms with Gasteiger partial charge in [0.05, 0.1) is 25.0 Å². The molecule has 20 heavy (non-hydrogen) atoms. The zero-order chi connectivity index (χ0) is 14.4. The quantitative estimate of drug-likeness (QED) is 0.810. The Hall–Kier alpha value is -1.36. The summed E-state index contributed by atoms with van der Waals surface area (Å²) in [6, 6.07) is 0. The van der Waals surface area contributed by atoms with Gasteiger partial charge in [-0.15, -0.1) is 0 Å². The first-order valence-electron chi connectivity index (χ1n) is 7.61. The molecule has 1 aromatic heterocycles. The van der Waals surface area contributed by atoms with Crippen molar-refractivity contribution >= 4 is 5.91 Å². The molecule has 1 aliphatic rings. The number of aromatic amines is 1. The zero-order valence-corrected chi connectivity index (χ0v) is 12.3. The van der Waals surface area contributed by atoms with Crippen LogP contribution in [0.4, 0.5) is 0 Å². The second-order valence-corrected chi connectivity index (χ2v) is 5.67. The Labute approximate surface area is 120 Å². The molecule has 2 rings (SSSR count). The van der Waals surface area contributed by atoms with Crippen molar-refractivity contribution < 1.29 is 9.90 Å². The van der Waals surface area contributed by atoms with Gasteiger partial charge in [0.25, 0.3) is 0 Å². The number of imidazole rings is 1. The van der Waals surface area contributed by atoms with Gasteiger partial charge in [-0.25, -0.2) is 4.98 Å². The van der Waals surface area contributed by atoms with E-state index in [2.05, 4.69) is 9.97 Å². The number of hydrogen-bond donors (Lipinski definition) is 2. The first-order valence-corrected chi connectivity index (χ1v) is 7.61. The molecule has 0 aliphatic heterocycles. The summed E-state index contributed by atoms with van der Waals surface area (Å²) in [6.07, 6.45) is 8.51. The SMILES string of the molecule is Cc1ncc(CN(CCO)C(=O)C2CCCCCC2)[nH]1. The van der Waals surface area contributed by atoms with E-state index in [0.717, 1.165) is 37.2 Å². The van der Waals surface area contributed by atoms with Crippen molar-refractivity contribution in [2.24, 2.45) is 5.92 Å². The lowest BCUT2D eigenvalue weighted by molar-refractivity contribution is -0.137. The van der Waals surface area contributed by atoms with Crippen molar-refractivity contribution in [3.05, 3.63) is 17.7 Å². The van der Waals surface area contributed by atoms with E-state index in [1.165, 1.54) is 12.8 Å². The third-order valence-electron chi connectivity index (χ3n) is 4.00. The maximum absolute atomic E-state index is 12.6. The predicted octanol–water partition coefficient (Wildman–Crippen LogP) is 2.01. The second kappa shape index (κ2) is 7.43. The molecular formula is C15H25N3O2. The molecule has 0 aromatic carbocycles. The summed E-state index contributed by atoms with van der Waals surface area (Å²) in [7, 11) is 0. The number of carbonyl (C=O) groups is 1. The molecule has 2 N–H and O–H groups in total. The lowest BCUT2D eigenvalue weighted by Gasteiger charge is -2.25. The first-order chi connectivity index (χ1) is 9.70. The van der Waals surface area contributed by atoms with Crippen LogP contribution in [0.2, 0.25) is 0 Å². The van der Waals surface area contributed by atoms with Crippen LogP contribution in [-0.4, -0.2) is 39.0 Å². The Morgan fingerprint density at radius 3 is 2.65 bits per heavy atom. The molecule has 5 nitrogen and oxygen atoms in total. The van der Waals surface area contributed by atoms with Gasteiger partial charge in [0.1, 0.15) is 5.82 Å². The third kappa shape index (κ3) is 4.07. The topological polar surface area (TPSA) is 69.2 Å². The lowest BCUT2D eigenvalue weighted by atomic mass is 9.98. The van der Waals surface area contributed by atoms with Gasteiger partial charge in [0, 0.05) is 12.5 Å². The molecule has 1 aromatic rings. The van der Waals surface area contributed by atoms with Gasteiger partial charge >= 0.3 is 0 Å². The molecule has 1 aliphatic carbocycles. The van der Waals surface area contributed by atoms with Crippen LogP contribution >= 0.6 is 0 Å². The number of hydrogen-bond acceptors (Lipinski definition) is 3. The summed E-state index contributed by atoms with van der Waals surface area (Å²) in [5.74, 6) is 1.17. The monoisotopic (exact) mass is 279 g/mol. The highest BCUT2D eigenvalue weighted by atomic mass is 16.3. The van der Waals surface area contributed by atoms with Gasteiger partial charge in [-0.3, -0.25) is 4.79 Å². The number of amides is 1. The maximum atomic E-state index is 12.6. The van der Waals surface area contributed by atoms with Gasteiger partial charge in [0.15, 0.2) is 0 Å². The van der Waals surface area contributed by atoms with E-state index in [4.69, 9.17) is 0 Å². The maximum Gasteiger partial charge on any atom is 0.226 e. The van der Waals surface area contributed by atoms with Gasteiger partial charge in [-0.1, -0.05) is 25.7 Å². The largest absolute Gasteiger partial charge is 0.395 e. The summed E-state index contributed by atoms with van der Waals surface area (Å²) in [5.41, 5.74) is 0.929. The normalized spacial score (nSPS) is 16.9. The fraction of sp³-hybridized carbons (Fsp3) is 0.733. The highest BCUT2D eigenvalue weighted by Crippen LogP contribution is 2.25. The van der Waals surface area contributed by atoms with Crippen molar-refractivity contribution in [1.29, 1.82) is 0 Å². The van der Waals surface area contributed by atoms with Crippen molar-refractivity contribution in [1.82, 2.24) is 14.9 Å². The number of aliphatic hydroxyl groups excluding tert-OH is 1. The minimum Gasteiger partial charge on any atom is -0.395 e. The molecular weight excluding hydrogens is 254 g/mol. The molecule has 1 fully saturated rings. The Balaban J connectivity index is 2.00. The van der Waals surface area contributed by atoms with Crippen molar-refractivity contribution in [2.45, 2.75) is 52.0 Å². The standard InChI is InChI=1S/C15H25N3O2/c1-12-16-10-14(17-12)11-18(8-9-19)15(20)13-6-4-2-3-5-7-13/h10,13,19H,2-9,11H2,1H3,(H,16,17). The Bertz CT molecular complexity index is 423. The van der Waals surface area contributed by atoms with E-state index < -0.39 is 0 Å². The van der Waals surface area contributed by atoms with Crippen LogP contribution < -0.4 is 0 Å². The fourth-order valence-corrected chi connectivity index (χ4v) is 2.93. The third-order valence-corrected chi connectivity index (χ3v) is 4.00. The molecule has 0 unspecified atom stereocenters. The van der Waals surface area contributed by atoms with Crippen LogP contribution in [0.1, 0.15) is 50.0 Å². The summed E-state index contributed by atoms with van der Waals surface area (Å²) >= 11 is 0. The number of nitrogens with one attached hydrogen (secondary N) is 1. The van der Waals surface area contributed by atoms with E-state index in [1.54, 1.807) is 11.1 Å². The molecule has 0 spiro atoms. The average Bonchev–Trinajstić information content (AvgIpc) is 2.69. The fourth-order valence-electron chi connectivity index (χ4n) is 2.93. The molecule has 0 atom stereocenters. The summed E-state index contributed by atoms with van der Waals surface area (Å²) in [6.45, 7) is 2.81. The lowest BCUT2D eigenvalue weighted by Crippen LogP contribution is -2.37. The van der Waals surface area contributed by atoms with E-state index in [1.807, 2.05) is 6.92 Å². The number of aryl methyl sites for hydroxylation is 1. The molecule has 5 heteroatoms. The van der Waals surface area contributed by atoms with Gasteiger partial charge in [-0.2, -0.15) is 0 Å². The van der Waals surface area contributed by atoms with E-state index in [-0.39, 0.29) is 18.4 Å². The molecule has 0 bridgehead atoms. The Morgan fingerprint density at radius 1 is 1.40 bits per heavy atom. The number of nitrogens with zero attached hydrogens (tertiary/aromatic N) is 2. The van der Waals surface area contributed by atoms with Crippen molar-refractivity contribution in [3.8, 4) is 0 Å². The van der Waals surface area contributed by atoms with Gasteiger partial charge in [-0.05, 0) is 19.8 Å². The van der Waals surface area contributed by atoms with Crippen LogP contribution in [0.3, 0.4) is 0 Å². The van der Waals surface area contributed by atoms with Crippen LogP contribution in [-0.2, 0) is 11.3 Å². The second-order valence-electron chi connectivity index (χ2n) is 5.67. The number of H-pyrrole nitrogens is 1. The number of aromatic nitrogens is 2. The van der Waals surface area contributed by atoms with Crippen LogP contribution in [0.15, 0.2) is 6.20 Å². The average molecular weight is 279 g/mol. The Morgan fingerprint density at radius 2 is 2.10 bits per heavy atom. The van der Waals surface area contributed by atoms with Crippen molar-refractivity contribution in [2.75, 3.05) is 13.2 Å². The molecule has 0 radical (unpaired) electrons. The molecule has 0 saturated heterocycles. The molecule has 112 valence electrons. The first kappa shape index (κ1) is 15.0. The highest BCUT2D eigenvalue weighted by Gasteiger charge is 2.25. The molecule has 1 heterocycles. The number of rotatable bonds is 5.